The van der Waals surface area contributed by atoms with Crippen LogP contribution in [0.5, 0.6) is 5.75 Å². The first kappa shape index (κ1) is 20.0. The van der Waals surface area contributed by atoms with Gasteiger partial charge in [-0.3, -0.25) is 4.79 Å². The standard InChI is InChI=1S/C24H23N3O2S/c1-14(2)29-21-9-7-17(8-10-21)23(28)27-22-12-20-11-18(5-6-19(20)13-25-22)24-26-15(3)16(4)30-24/h5-14H,1-4H3,(H,25,27,28). The molecule has 4 aromatic rings. The van der Waals surface area contributed by atoms with E-state index in [9.17, 15) is 4.79 Å². The number of carbonyl (C=O) groups excluding carboxylic acids is 1. The van der Waals surface area contributed by atoms with E-state index in [1.54, 1.807) is 41.8 Å². The van der Waals surface area contributed by atoms with Crippen molar-refractivity contribution >= 4 is 33.8 Å². The molecule has 0 saturated carbocycles. The fourth-order valence-electron chi connectivity index (χ4n) is 3.08. The minimum absolute atomic E-state index is 0.0913. The highest BCUT2D eigenvalue weighted by molar-refractivity contribution is 7.15. The van der Waals surface area contributed by atoms with E-state index in [-0.39, 0.29) is 12.0 Å². The quantitative estimate of drug-likeness (QED) is 0.432. The number of carbonyl (C=O) groups is 1. The number of fused-ring (bicyclic) bond motifs is 1. The number of aryl methyl sites for hydroxylation is 2. The van der Waals surface area contributed by atoms with Crippen LogP contribution in [0.4, 0.5) is 5.82 Å². The van der Waals surface area contributed by atoms with Gasteiger partial charge in [0.15, 0.2) is 0 Å². The van der Waals surface area contributed by atoms with E-state index in [1.807, 2.05) is 32.9 Å². The molecule has 1 amide bonds. The van der Waals surface area contributed by atoms with Crippen LogP contribution < -0.4 is 10.1 Å². The molecule has 0 aliphatic rings. The van der Waals surface area contributed by atoms with E-state index < -0.39 is 0 Å². The lowest BCUT2D eigenvalue weighted by molar-refractivity contribution is 0.102. The molecule has 0 unspecified atom stereocenters. The van der Waals surface area contributed by atoms with Gasteiger partial charge in [-0.15, -0.1) is 11.3 Å². The molecular weight excluding hydrogens is 394 g/mol. The van der Waals surface area contributed by atoms with Gasteiger partial charge in [0.05, 0.1) is 11.8 Å². The molecule has 0 radical (unpaired) electrons. The van der Waals surface area contributed by atoms with Crippen molar-refractivity contribution in [1.29, 1.82) is 0 Å². The maximum absolute atomic E-state index is 12.6. The van der Waals surface area contributed by atoms with Gasteiger partial charge in [-0.1, -0.05) is 12.1 Å². The molecule has 0 atom stereocenters. The Hall–Kier alpha value is -3.25. The van der Waals surface area contributed by atoms with Crippen LogP contribution in [0, 0.1) is 13.8 Å². The van der Waals surface area contributed by atoms with Gasteiger partial charge in [0.25, 0.3) is 5.91 Å². The highest BCUT2D eigenvalue weighted by Crippen LogP contribution is 2.30. The maximum atomic E-state index is 12.6. The van der Waals surface area contributed by atoms with Crippen molar-refractivity contribution in [3.63, 3.8) is 0 Å². The lowest BCUT2D eigenvalue weighted by Crippen LogP contribution is -2.13. The monoisotopic (exact) mass is 417 g/mol. The Kier molecular flexibility index (Phi) is 5.50. The Morgan fingerprint density at radius 3 is 2.47 bits per heavy atom. The lowest BCUT2D eigenvalue weighted by Gasteiger charge is -2.10. The average molecular weight is 418 g/mol. The van der Waals surface area contributed by atoms with Crippen molar-refractivity contribution in [3.05, 3.63) is 70.9 Å². The normalized spacial score (nSPS) is 11.1. The zero-order valence-corrected chi connectivity index (χ0v) is 18.2. The summed E-state index contributed by atoms with van der Waals surface area (Å²) in [6.45, 7) is 8.04. The van der Waals surface area contributed by atoms with Crippen LogP contribution in [-0.4, -0.2) is 22.0 Å². The van der Waals surface area contributed by atoms with Gasteiger partial charge in [0.2, 0.25) is 0 Å². The molecule has 2 aromatic carbocycles. The number of thiazole rings is 1. The summed E-state index contributed by atoms with van der Waals surface area (Å²) in [5.41, 5.74) is 2.67. The van der Waals surface area contributed by atoms with Gasteiger partial charge < -0.3 is 10.1 Å². The number of hydrogen-bond acceptors (Lipinski definition) is 5. The van der Waals surface area contributed by atoms with Crippen LogP contribution in [0.2, 0.25) is 0 Å². The van der Waals surface area contributed by atoms with Crippen molar-refractivity contribution < 1.29 is 9.53 Å². The van der Waals surface area contributed by atoms with Gasteiger partial charge in [0, 0.05) is 27.6 Å². The zero-order chi connectivity index (χ0) is 21.3. The van der Waals surface area contributed by atoms with Gasteiger partial charge in [-0.25, -0.2) is 9.97 Å². The summed E-state index contributed by atoms with van der Waals surface area (Å²) in [7, 11) is 0. The molecule has 0 spiro atoms. The second kappa shape index (κ2) is 8.24. The third-order valence-corrected chi connectivity index (χ3v) is 5.85. The van der Waals surface area contributed by atoms with Crippen molar-refractivity contribution in [2.24, 2.45) is 0 Å². The molecule has 152 valence electrons. The molecule has 0 aliphatic heterocycles. The predicted molar refractivity (Wildman–Crippen MR) is 122 cm³/mol. The van der Waals surface area contributed by atoms with E-state index in [4.69, 9.17) is 4.74 Å². The van der Waals surface area contributed by atoms with Crippen LogP contribution in [0.3, 0.4) is 0 Å². The van der Waals surface area contributed by atoms with E-state index in [1.165, 1.54) is 4.88 Å². The van der Waals surface area contributed by atoms with Crippen molar-refractivity contribution in [2.75, 3.05) is 5.32 Å². The van der Waals surface area contributed by atoms with Gasteiger partial charge in [-0.2, -0.15) is 0 Å². The molecule has 0 fully saturated rings. The van der Waals surface area contributed by atoms with Crippen LogP contribution in [0.1, 0.15) is 34.8 Å². The van der Waals surface area contributed by atoms with Crippen molar-refractivity contribution in [2.45, 2.75) is 33.8 Å². The Bertz CT molecular complexity index is 1190. The third-order valence-electron chi connectivity index (χ3n) is 4.73. The Morgan fingerprint density at radius 2 is 1.80 bits per heavy atom. The molecule has 30 heavy (non-hydrogen) atoms. The highest BCUT2D eigenvalue weighted by atomic mass is 32.1. The summed E-state index contributed by atoms with van der Waals surface area (Å²) in [6.07, 6.45) is 1.86. The van der Waals surface area contributed by atoms with Crippen LogP contribution in [0.25, 0.3) is 21.3 Å². The molecule has 5 nitrogen and oxygen atoms in total. The van der Waals surface area contributed by atoms with Crippen molar-refractivity contribution in [3.8, 4) is 16.3 Å². The number of ether oxygens (including phenoxy) is 1. The van der Waals surface area contributed by atoms with Crippen LogP contribution in [0.15, 0.2) is 54.7 Å². The van der Waals surface area contributed by atoms with Crippen molar-refractivity contribution in [1.82, 2.24) is 9.97 Å². The number of amides is 1. The summed E-state index contributed by atoms with van der Waals surface area (Å²) in [5.74, 6) is 1.05. The molecular formula is C24H23N3O2S. The fourth-order valence-corrected chi connectivity index (χ4v) is 3.99. The highest BCUT2D eigenvalue weighted by Gasteiger charge is 2.10. The topological polar surface area (TPSA) is 64.1 Å². The summed E-state index contributed by atoms with van der Waals surface area (Å²) >= 11 is 1.69. The van der Waals surface area contributed by atoms with Gasteiger partial charge in [-0.05, 0) is 69.5 Å². The molecule has 0 bridgehead atoms. The first-order chi connectivity index (χ1) is 14.4. The molecule has 0 saturated heterocycles. The number of nitrogens with zero attached hydrogens (tertiary/aromatic N) is 2. The second-order valence-corrected chi connectivity index (χ2v) is 8.64. The van der Waals surface area contributed by atoms with E-state index in [0.717, 1.165) is 32.8 Å². The minimum atomic E-state index is -0.208. The number of hydrogen-bond donors (Lipinski definition) is 1. The van der Waals surface area contributed by atoms with E-state index in [0.29, 0.717) is 11.4 Å². The SMILES string of the molecule is Cc1nc(-c2ccc3cnc(NC(=O)c4ccc(OC(C)C)cc4)cc3c2)sc1C. The molecule has 4 rings (SSSR count). The summed E-state index contributed by atoms with van der Waals surface area (Å²) in [5, 5.41) is 5.89. The molecule has 6 heteroatoms. The summed E-state index contributed by atoms with van der Waals surface area (Å²) in [6, 6.07) is 15.2. The fraction of sp³-hybridized carbons (Fsp3) is 0.208. The largest absolute Gasteiger partial charge is 0.491 e. The van der Waals surface area contributed by atoms with E-state index >= 15 is 0 Å². The second-order valence-electron chi connectivity index (χ2n) is 7.44. The number of benzene rings is 2. The van der Waals surface area contributed by atoms with Crippen LogP contribution >= 0.6 is 11.3 Å². The summed E-state index contributed by atoms with van der Waals surface area (Å²) < 4.78 is 5.62. The maximum Gasteiger partial charge on any atom is 0.256 e. The Balaban J connectivity index is 1.56. The third kappa shape index (κ3) is 4.33. The molecule has 1 N–H and O–H groups in total. The van der Waals surface area contributed by atoms with Gasteiger partial charge >= 0.3 is 0 Å². The first-order valence-corrected chi connectivity index (χ1v) is 10.6. The lowest BCUT2D eigenvalue weighted by atomic mass is 10.1. The number of rotatable bonds is 5. The summed E-state index contributed by atoms with van der Waals surface area (Å²) in [4.78, 5) is 22.9. The van der Waals surface area contributed by atoms with Gasteiger partial charge in [0.1, 0.15) is 16.6 Å². The Morgan fingerprint density at radius 1 is 1.03 bits per heavy atom. The molecule has 2 aromatic heterocycles. The number of pyridine rings is 1. The van der Waals surface area contributed by atoms with E-state index in [2.05, 4.69) is 34.3 Å². The Labute approximate surface area is 179 Å². The average Bonchev–Trinajstić information content (AvgIpc) is 3.06. The van der Waals surface area contributed by atoms with Crippen LogP contribution in [-0.2, 0) is 0 Å². The predicted octanol–water partition coefficient (Wildman–Crippen LogP) is 6.01. The minimum Gasteiger partial charge on any atom is -0.491 e. The smallest absolute Gasteiger partial charge is 0.256 e. The molecule has 2 heterocycles. The number of nitrogens with one attached hydrogen (secondary N) is 1. The number of anilines is 1. The molecule has 0 aliphatic carbocycles. The number of aromatic nitrogens is 2. The first-order valence-electron chi connectivity index (χ1n) is 9.81. The zero-order valence-electron chi connectivity index (χ0n) is 17.4.